The van der Waals surface area contributed by atoms with Crippen molar-refractivity contribution >= 4 is 12.4 Å². The van der Waals surface area contributed by atoms with Gasteiger partial charge in [-0.15, -0.1) is 12.4 Å². The van der Waals surface area contributed by atoms with E-state index in [-0.39, 0.29) is 12.4 Å². The summed E-state index contributed by atoms with van der Waals surface area (Å²) >= 11 is 0. The minimum Gasteiger partial charge on any atom is -0.305 e. The van der Waals surface area contributed by atoms with E-state index in [0.29, 0.717) is 0 Å². The molecule has 0 fully saturated rings. The SMILES string of the molecule is Cl.Cn1ccc(CNCc2ccnn2C)n1. The van der Waals surface area contributed by atoms with E-state index in [1.807, 2.05) is 37.1 Å². The van der Waals surface area contributed by atoms with Crippen LogP contribution < -0.4 is 5.32 Å². The van der Waals surface area contributed by atoms with Crippen molar-refractivity contribution in [3.63, 3.8) is 0 Å². The van der Waals surface area contributed by atoms with Crippen molar-refractivity contribution in [3.8, 4) is 0 Å². The van der Waals surface area contributed by atoms with Gasteiger partial charge in [-0.2, -0.15) is 10.2 Å². The molecule has 2 aromatic rings. The molecule has 0 atom stereocenters. The van der Waals surface area contributed by atoms with Gasteiger partial charge in [-0.3, -0.25) is 9.36 Å². The van der Waals surface area contributed by atoms with Gasteiger partial charge in [0, 0.05) is 39.6 Å². The highest BCUT2D eigenvalue weighted by molar-refractivity contribution is 5.85. The second-order valence-corrected chi connectivity index (χ2v) is 3.53. The number of aryl methyl sites for hydroxylation is 2. The Morgan fingerprint density at radius 3 is 2.62 bits per heavy atom. The Balaban J connectivity index is 0.00000128. The quantitative estimate of drug-likeness (QED) is 0.864. The topological polar surface area (TPSA) is 47.7 Å². The normalized spacial score (nSPS) is 10.1. The van der Waals surface area contributed by atoms with E-state index in [1.54, 1.807) is 10.9 Å². The van der Waals surface area contributed by atoms with Crippen LogP contribution in [0.3, 0.4) is 0 Å². The second kappa shape index (κ2) is 5.67. The lowest BCUT2D eigenvalue weighted by atomic mass is 10.4. The zero-order chi connectivity index (χ0) is 10.7. The Kier molecular flexibility index (Phi) is 4.52. The van der Waals surface area contributed by atoms with Gasteiger partial charge < -0.3 is 5.32 Å². The Labute approximate surface area is 101 Å². The third-order valence-corrected chi connectivity index (χ3v) is 2.30. The van der Waals surface area contributed by atoms with Gasteiger partial charge in [-0.05, 0) is 12.1 Å². The zero-order valence-electron chi connectivity index (χ0n) is 9.42. The number of hydrogen-bond acceptors (Lipinski definition) is 3. The molecule has 0 bridgehead atoms. The van der Waals surface area contributed by atoms with Crippen molar-refractivity contribution < 1.29 is 0 Å². The molecule has 0 spiro atoms. The molecule has 2 rings (SSSR count). The summed E-state index contributed by atoms with van der Waals surface area (Å²) in [5, 5.41) is 11.7. The van der Waals surface area contributed by atoms with Gasteiger partial charge in [-0.25, -0.2) is 0 Å². The molecule has 0 aliphatic rings. The van der Waals surface area contributed by atoms with Crippen molar-refractivity contribution in [2.45, 2.75) is 13.1 Å². The van der Waals surface area contributed by atoms with Gasteiger partial charge in [0.2, 0.25) is 0 Å². The molecule has 2 aromatic heterocycles. The van der Waals surface area contributed by atoms with E-state index in [4.69, 9.17) is 0 Å². The Hall–Kier alpha value is -1.33. The maximum Gasteiger partial charge on any atom is 0.0762 e. The van der Waals surface area contributed by atoms with Crippen molar-refractivity contribution in [2.75, 3.05) is 0 Å². The number of rotatable bonds is 4. The van der Waals surface area contributed by atoms with Crippen LogP contribution in [0, 0.1) is 0 Å². The van der Waals surface area contributed by atoms with Crippen LogP contribution in [-0.2, 0) is 27.2 Å². The predicted octanol–water partition coefficient (Wildman–Crippen LogP) is 0.865. The first-order valence-corrected chi connectivity index (χ1v) is 4.92. The molecule has 0 aliphatic heterocycles. The third kappa shape index (κ3) is 3.08. The molecular formula is C10H16ClN5. The lowest BCUT2D eigenvalue weighted by Crippen LogP contribution is -2.15. The lowest BCUT2D eigenvalue weighted by molar-refractivity contribution is 0.612. The van der Waals surface area contributed by atoms with Crippen LogP contribution in [0.25, 0.3) is 0 Å². The molecule has 5 nitrogen and oxygen atoms in total. The van der Waals surface area contributed by atoms with Crippen LogP contribution in [0.1, 0.15) is 11.4 Å². The van der Waals surface area contributed by atoms with Gasteiger partial charge in [0.15, 0.2) is 0 Å². The van der Waals surface area contributed by atoms with E-state index in [9.17, 15) is 0 Å². The molecule has 16 heavy (non-hydrogen) atoms. The number of nitrogens with one attached hydrogen (secondary N) is 1. The third-order valence-electron chi connectivity index (χ3n) is 2.30. The smallest absolute Gasteiger partial charge is 0.0762 e. The van der Waals surface area contributed by atoms with Crippen LogP contribution in [0.15, 0.2) is 24.5 Å². The van der Waals surface area contributed by atoms with Crippen LogP contribution in [-0.4, -0.2) is 19.6 Å². The molecule has 0 unspecified atom stereocenters. The van der Waals surface area contributed by atoms with Crippen molar-refractivity contribution in [2.24, 2.45) is 14.1 Å². The summed E-state index contributed by atoms with van der Waals surface area (Å²) < 4.78 is 3.67. The molecule has 0 saturated carbocycles. The summed E-state index contributed by atoms with van der Waals surface area (Å²) in [7, 11) is 3.86. The molecule has 2 heterocycles. The highest BCUT2D eigenvalue weighted by Gasteiger charge is 1.99. The fraction of sp³-hybridized carbons (Fsp3) is 0.400. The fourth-order valence-corrected chi connectivity index (χ4v) is 1.45. The predicted molar refractivity (Wildman–Crippen MR) is 64.2 cm³/mol. The Morgan fingerprint density at radius 2 is 2.06 bits per heavy atom. The van der Waals surface area contributed by atoms with Crippen LogP contribution >= 0.6 is 12.4 Å². The number of hydrogen-bond donors (Lipinski definition) is 1. The minimum absolute atomic E-state index is 0. The first-order chi connectivity index (χ1) is 7.25. The van der Waals surface area contributed by atoms with Crippen molar-refractivity contribution in [3.05, 3.63) is 35.9 Å². The molecule has 0 saturated heterocycles. The Morgan fingerprint density at radius 1 is 1.25 bits per heavy atom. The summed E-state index contributed by atoms with van der Waals surface area (Å²) in [6.45, 7) is 1.60. The van der Waals surface area contributed by atoms with E-state index in [1.165, 1.54) is 5.69 Å². The van der Waals surface area contributed by atoms with E-state index < -0.39 is 0 Å². The Bertz CT molecular complexity index is 434. The number of aromatic nitrogens is 4. The maximum atomic E-state index is 4.28. The summed E-state index contributed by atoms with van der Waals surface area (Å²) in [5.41, 5.74) is 2.23. The van der Waals surface area contributed by atoms with Gasteiger partial charge in [0.25, 0.3) is 0 Å². The number of halogens is 1. The first kappa shape index (κ1) is 12.7. The average Bonchev–Trinajstić information content (AvgIpc) is 2.77. The standard InChI is InChI=1S/C10H15N5.ClH/c1-14-6-4-9(13-14)7-11-8-10-3-5-12-15(10)2;/h3-6,11H,7-8H2,1-2H3;1H. The molecule has 0 amide bonds. The molecule has 6 heteroatoms. The number of nitrogens with zero attached hydrogens (tertiary/aromatic N) is 4. The van der Waals surface area contributed by atoms with Crippen molar-refractivity contribution in [1.82, 2.24) is 24.9 Å². The molecule has 0 radical (unpaired) electrons. The summed E-state index contributed by atoms with van der Waals surface area (Å²) in [5.74, 6) is 0. The molecule has 88 valence electrons. The summed E-state index contributed by atoms with van der Waals surface area (Å²) in [6.07, 6.45) is 3.75. The highest BCUT2D eigenvalue weighted by Crippen LogP contribution is 1.97. The van der Waals surface area contributed by atoms with Crippen LogP contribution in [0.5, 0.6) is 0 Å². The summed E-state index contributed by atoms with van der Waals surface area (Å²) in [4.78, 5) is 0. The summed E-state index contributed by atoms with van der Waals surface area (Å²) in [6, 6.07) is 4.02. The largest absolute Gasteiger partial charge is 0.305 e. The van der Waals surface area contributed by atoms with E-state index in [2.05, 4.69) is 15.5 Å². The monoisotopic (exact) mass is 241 g/mol. The van der Waals surface area contributed by atoms with Crippen LogP contribution in [0.2, 0.25) is 0 Å². The fourth-order valence-electron chi connectivity index (χ4n) is 1.45. The molecule has 0 aliphatic carbocycles. The van der Waals surface area contributed by atoms with Gasteiger partial charge in [0.05, 0.1) is 11.4 Å². The van der Waals surface area contributed by atoms with Gasteiger partial charge in [-0.1, -0.05) is 0 Å². The van der Waals surface area contributed by atoms with E-state index >= 15 is 0 Å². The second-order valence-electron chi connectivity index (χ2n) is 3.53. The van der Waals surface area contributed by atoms with Crippen molar-refractivity contribution in [1.29, 1.82) is 0 Å². The van der Waals surface area contributed by atoms with Gasteiger partial charge in [0.1, 0.15) is 0 Å². The molecule has 0 aromatic carbocycles. The first-order valence-electron chi connectivity index (χ1n) is 4.92. The maximum absolute atomic E-state index is 4.28. The average molecular weight is 242 g/mol. The van der Waals surface area contributed by atoms with Gasteiger partial charge >= 0.3 is 0 Å². The van der Waals surface area contributed by atoms with Crippen LogP contribution in [0.4, 0.5) is 0 Å². The molecular weight excluding hydrogens is 226 g/mol. The van der Waals surface area contributed by atoms with E-state index in [0.717, 1.165) is 18.8 Å². The molecule has 1 N–H and O–H groups in total. The zero-order valence-corrected chi connectivity index (χ0v) is 10.2. The highest BCUT2D eigenvalue weighted by atomic mass is 35.5. The lowest BCUT2D eigenvalue weighted by Gasteiger charge is -2.02. The minimum atomic E-state index is 0.